The zero-order chi connectivity index (χ0) is 62.3. The molecule has 6 aliphatic rings. The van der Waals surface area contributed by atoms with Gasteiger partial charge in [-0.15, -0.1) is 0 Å². The monoisotopic (exact) mass is 1190 g/mol. The Kier molecular flexibility index (Phi) is 22.7. The van der Waals surface area contributed by atoms with Crippen LogP contribution in [0.25, 0.3) is 0 Å². The first-order valence-corrected chi connectivity index (χ1v) is 29.9. The summed E-state index contributed by atoms with van der Waals surface area (Å²) in [4.78, 5) is 58.7. The zero-order valence-electron chi connectivity index (χ0n) is 53.1. The summed E-state index contributed by atoms with van der Waals surface area (Å²) >= 11 is 0. The van der Waals surface area contributed by atoms with Crippen molar-refractivity contribution in [1.29, 1.82) is 0 Å². The second-order valence-electron chi connectivity index (χ2n) is 26.2. The van der Waals surface area contributed by atoms with E-state index in [1.165, 1.54) is 23.8 Å². The van der Waals surface area contributed by atoms with Crippen LogP contribution in [-0.4, -0.2) is 96.7 Å². The van der Waals surface area contributed by atoms with Crippen LogP contribution in [0.3, 0.4) is 0 Å². The first kappa shape index (κ1) is 68.7. The number of nitrogens with zero attached hydrogens (tertiary/aromatic N) is 4. The molecule has 0 saturated heterocycles. The molecule has 0 spiro atoms. The first-order valence-electron chi connectivity index (χ1n) is 29.9. The fraction of sp³-hybridized carbons (Fsp3) is 0.395. The van der Waals surface area contributed by atoms with Gasteiger partial charge in [0.05, 0.1) is 50.7 Å². The zero-order valence-corrected chi connectivity index (χ0v) is 53.1. The molecule has 4 aromatic rings. The van der Waals surface area contributed by atoms with E-state index in [0.29, 0.717) is 53.0 Å². The van der Waals surface area contributed by atoms with Crippen LogP contribution in [0.1, 0.15) is 133 Å². The maximum absolute atomic E-state index is 13.5. The Labute approximate surface area is 526 Å². The van der Waals surface area contributed by atoms with E-state index in [2.05, 4.69) is 157 Å². The van der Waals surface area contributed by atoms with Crippen LogP contribution in [0.4, 0.5) is 0 Å². The predicted molar refractivity (Wildman–Crippen MR) is 358 cm³/mol. The van der Waals surface area contributed by atoms with Crippen molar-refractivity contribution >= 4 is 23.6 Å². The van der Waals surface area contributed by atoms with Gasteiger partial charge in [0.2, 0.25) is 5.91 Å². The van der Waals surface area contributed by atoms with Gasteiger partial charge in [-0.05, 0) is 87.7 Å². The average molecular weight is 1190 g/mol. The number of carbonyl (C=O) groups excluding carboxylic acids is 4. The van der Waals surface area contributed by atoms with E-state index in [4.69, 9.17) is 14.2 Å². The third-order valence-electron chi connectivity index (χ3n) is 16.9. The Morgan fingerprint density at radius 1 is 0.568 bits per heavy atom. The largest absolute Gasteiger partial charge is 0.496 e. The quantitative estimate of drug-likeness (QED) is 0.0965. The molecular weight excluding hydrogens is 1090 g/mol. The number of methoxy groups -OCH3 is 3. The fourth-order valence-electron chi connectivity index (χ4n) is 11.6. The van der Waals surface area contributed by atoms with Crippen molar-refractivity contribution in [3.05, 3.63) is 238 Å². The van der Waals surface area contributed by atoms with Gasteiger partial charge < -0.3 is 39.1 Å². The molecule has 7 unspecified atom stereocenters. The van der Waals surface area contributed by atoms with Crippen molar-refractivity contribution in [1.82, 2.24) is 24.9 Å². The Hall–Kier alpha value is -8.38. The maximum atomic E-state index is 13.5. The summed E-state index contributed by atoms with van der Waals surface area (Å²) < 4.78 is 15.8. The number of ether oxygens (including phenoxy) is 3. The minimum absolute atomic E-state index is 0. The molecule has 2 amide bonds. The third-order valence-corrected chi connectivity index (χ3v) is 16.9. The number of benzene rings is 4. The Morgan fingerprint density at radius 3 is 1.51 bits per heavy atom. The molecule has 0 radical (unpaired) electrons. The van der Waals surface area contributed by atoms with Gasteiger partial charge in [0.25, 0.3) is 5.91 Å². The minimum atomic E-state index is -0.773. The molecule has 12 nitrogen and oxygen atoms in total. The molecule has 12 heteroatoms. The van der Waals surface area contributed by atoms with E-state index < -0.39 is 6.04 Å². The number of fused-ring (bicyclic) bond motifs is 3. The molecule has 0 bridgehead atoms. The molecule has 88 heavy (non-hydrogen) atoms. The smallest absolute Gasteiger partial charge is 0.337 e. The van der Waals surface area contributed by atoms with Crippen LogP contribution < -0.4 is 14.8 Å². The summed E-state index contributed by atoms with van der Waals surface area (Å²) in [6.07, 6.45) is 31.3. The van der Waals surface area contributed by atoms with Crippen molar-refractivity contribution in [3.8, 4) is 11.5 Å². The lowest BCUT2D eigenvalue weighted by Crippen LogP contribution is -2.43. The van der Waals surface area contributed by atoms with Crippen molar-refractivity contribution in [2.45, 2.75) is 128 Å². The molecular formula is C76H97N5O7. The van der Waals surface area contributed by atoms with Gasteiger partial charge in [-0.2, -0.15) is 0 Å². The Morgan fingerprint density at radius 2 is 1.03 bits per heavy atom. The topological polar surface area (TPSA) is 121 Å². The van der Waals surface area contributed by atoms with Gasteiger partial charge in [-0.1, -0.05) is 223 Å². The summed E-state index contributed by atoms with van der Waals surface area (Å²) in [5.41, 5.74) is 10.1. The third kappa shape index (κ3) is 16.4. The number of hydrogen-bond donors (Lipinski definition) is 1. The van der Waals surface area contributed by atoms with E-state index in [1.54, 1.807) is 45.2 Å². The summed E-state index contributed by atoms with van der Waals surface area (Å²) in [5.74, 6) is 1.75. The van der Waals surface area contributed by atoms with Gasteiger partial charge in [-0.25, -0.2) is 4.79 Å². The Bertz CT molecular complexity index is 3420. The van der Waals surface area contributed by atoms with Crippen LogP contribution in [-0.2, 0) is 34.0 Å². The highest BCUT2D eigenvalue weighted by Gasteiger charge is 2.38. The number of allylic oxidation sites excluding steroid dienone is 6. The molecule has 3 heterocycles. The van der Waals surface area contributed by atoms with Crippen molar-refractivity contribution in [2.24, 2.45) is 34.0 Å². The van der Waals surface area contributed by atoms with E-state index >= 15 is 0 Å². The Balaban J connectivity index is 0.000000212. The van der Waals surface area contributed by atoms with E-state index in [0.717, 1.165) is 41.1 Å². The van der Waals surface area contributed by atoms with Gasteiger partial charge in [-0.3, -0.25) is 14.4 Å². The second-order valence-corrected chi connectivity index (χ2v) is 26.2. The van der Waals surface area contributed by atoms with Gasteiger partial charge in [0.1, 0.15) is 17.5 Å². The van der Waals surface area contributed by atoms with E-state index in [9.17, 15) is 19.2 Å². The standard InChI is InChI=1S/C30H35N3O2.C22H27NO3.C22H27NO2.2CH4/c1-30(2,3)24-16-17-25-23(18-24)19-26(33(25)5)28(34)31-27(22-14-10-7-11-15-22)29(35)32(4)20-21-12-8-6-9-13-21;1-22(2,3)18-9-8-15-10-11-23(19(15)13-18)14-17-7-6-16(21(24)26-5)12-20(17)25-4;1-15(24)17-6-7-18(21(12-17)25-5)14-23-11-10-16-8-9-19(13-20(16)23)22(2,3)4;;/h6-19,23,25,27H,20H2,1-5H3,(H,31,34);6-13,15,19H,14H2,1-5H3;6-13,16,20H,14H2,1-5H3;2*1H4. The molecule has 0 aromatic heterocycles. The van der Waals surface area contributed by atoms with Crippen molar-refractivity contribution < 1.29 is 33.4 Å². The molecule has 0 fully saturated rings. The summed E-state index contributed by atoms with van der Waals surface area (Å²) in [6, 6.07) is 30.5. The lowest BCUT2D eigenvalue weighted by atomic mass is 9.80. The minimum Gasteiger partial charge on any atom is -0.496 e. The second kappa shape index (κ2) is 29.1. The molecule has 3 aliphatic heterocycles. The highest BCUT2D eigenvalue weighted by Crippen LogP contribution is 2.41. The molecule has 468 valence electrons. The molecule has 10 rings (SSSR count). The highest BCUT2D eigenvalue weighted by molar-refractivity contribution is 5.97. The molecule has 3 aliphatic carbocycles. The van der Waals surface area contributed by atoms with E-state index in [1.807, 2.05) is 103 Å². The molecule has 4 aromatic carbocycles. The summed E-state index contributed by atoms with van der Waals surface area (Å²) in [5, 5.41) is 3.04. The normalized spacial score (nSPS) is 20.5. The van der Waals surface area contributed by atoms with Crippen LogP contribution in [0.15, 0.2) is 205 Å². The number of Topliss-reactive ketones (excluding diaryl/α,β-unsaturated/α-hetero) is 1. The number of esters is 1. The lowest BCUT2D eigenvalue weighted by molar-refractivity contribution is -0.135. The van der Waals surface area contributed by atoms with Crippen LogP contribution in [0.2, 0.25) is 0 Å². The number of ketones is 1. The maximum Gasteiger partial charge on any atom is 0.337 e. The van der Waals surface area contributed by atoms with Crippen LogP contribution in [0.5, 0.6) is 11.5 Å². The van der Waals surface area contributed by atoms with Crippen molar-refractivity contribution in [3.63, 3.8) is 0 Å². The molecule has 1 N–H and O–H groups in total. The van der Waals surface area contributed by atoms with Gasteiger partial charge >= 0.3 is 5.97 Å². The SMILES string of the molecule is C.C.CN(Cc1ccccc1)C(=O)C(NC(=O)C1=CC2C=C(C(C)(C)C)C=CC2N1C)c1ccccc1.COC(=O)c1ccc(CN2C=CC3C=CC(C(C)(C)C)=CC32)c(OC)c1.COc1cc(C(C)=O)ccc1CN1C=CC2C=CC(C(C)(C)C)=CC21. The number of amides is 2. The fourth-order valence-corrected chi connectivity index (χ4v) is 11.6. The van der Waals surface area contributed by atoms with Crippen LogP contribution in [0, 0.1) is 34.0 Å². The molecule has 7 atom stereocenters. The van der Waals surface area contributed by atoms with Crippen molar-refractivity contribution in [2.75, 3.05) is 35.4 Å². The highest BCUT2D eigenvalue weighted by atomic mass is 16.5. The number of rotatable bonds is 14. The number of carbonyl (C=O) groups is 4. The van der Waals surface area contributed by atoms with Gasteiger partial charge in [0, 0.05) is 68.2 Å². The first-order chi connectivity index (χ1) is 40.8. The van der Waals surface area contributed by atoms with Crippen LogP contribution >= 0.6 is 0 Å². The van der Waals surface area contributed by atoms with Gasteiger partial charge in [0.15, 0.2) is 5.78 Å². The van der Waals surface area contributed by atoms with E-state index in [-0.39, 0.29) is 66.6 Å². The average Bonchev–Trinajstić information content (AvgIpc) is 2.70. The number of nitrogens with one attached hydrogen (secondary N) is 1. The lowest BCUT2D eigenvalue weighted by Gasteiger charge is -2.32. The summed E-state index contributed by atoms with van der Waals surface area (Å²) in [7, 11) is 8.39. The summed E-state index contributed by atoms with van der Waals surface area (Å²) in [6.45, 7) is 23.6. The number of likely N-dealkylation sites (N-methyl/N-ethyl adjacent to an activating group) is 2. The molecule has 0 saturated carbocycles. The number of hydrogen-bond acceptors (Lipinski definition) is 10. The predicted octanol–water partition coefficient (Wildman–Crippen LogP) is 15.2.